The first kappa shape index (κ1) is 16.3. The molecule has 2 amide bonds. The monoisotopic (exact) mass is 353 g/mol. The van der Waals surface area contributed by atoms with Crippen LogP contribution in [-0.4, -0.2) is 40.6 Å². The van der Waals surface area contributed by atoms with E-state index >= 15 is 0 Å². The molecular weight excluding hydrogens is 334 g/mol. The normalized spacial score (nSPS) is 18.2. The largest absolute Gasteiger partial charge is 0.474 e. The molecule has 0 saturated heterocycles. The van der Waals surface area contributed by atoms with Crippen LogP contribution in [0.25, 0.3) is 10.9 Å². The predicted molar refractivity (Wildman–Crippen MR) is 96.2 cm³/mol. The molecule has 134 valence electrons. The van der Waals surface area contributed by atoms with E-state index in [-0.39, 0.29) is 12.1 Å². The molecule has 2 bridgehead atoms. The molecule has 0 spiro atoms. The molecule has 1 atom stereocenters. The van der Waals surface area contributed by atoms with Crippen LogP contribution in [0.4, 0.5) is 10.6 Å². The number of fused-ring (bicyclic) bond motifs is 4. The minimum Gasteiger partial charge on any atom is -0.474 e. The number of rotatable bonds is 1. The van der Waals surface area contributed by atoms with Crippen LogP contribution in [0.3, 0.4) is 0 Å². The summed E-state index contributed by atoms with van der Waals surface area (Å²) in [4.78, 5) is 16.9. The number of hydrogen-bond donors (Lipinski definition) is 2. The van der Waals surface area contributed by atoms with Crippen LogP contribution >= 0.6 is 0 Å². The van der Waals surface area contributed by atoms with Gasteiger partial charge >= 0.3 is 6.03 Å². The first-order chi connectivity index (χ1) is 12.7. The van der Waals surface area contributed by atoms with Gasteiger partial charge in [-0.1, -0.05) is 30.3 Å². The molecule has 0 fully saturated rings. The van der Waals surface area contributed by atoms with Gasteiger partial charge in [0.05, 0.1) is 25.5 Å². The summed E-state index contributed by atoms with van der Waals surface area (Å²) in [5.41, 5.74) is 1.74. The minimum absolute atomic E-state index is 0.266. The Morgan fingerprint density at radius 2 is 2.08 bits per heavy atom. The Morgan fingerprint density at radius 1 is 1.23 bits per heavy atom. The Morgan fingerprint density at radius 3 is 2.92 bits per heavy atom. The fraction of sp³-hybridized carbons (Fsp3) is 0.278. The second-order valence-electron chi connectivity index (χ2n) is 6.00. The van der Waals surface area contributed by atoms with Gasteiger partial charge in [0.1, 0.15) is 17.9 Å². The van der Waals surface area contributed by atoms with Crippen molar-refractivity contribution in [2.45, 2.75) is 6.04 Å². The fourth-order valence-corrected chi connectivity index (χ4v) is 2.94. The van der Waals surface area contributed by atoms with E-state index in [4.69, 9.17) is 9.47 Å². The predicted octanol–water partition coefficient (Wildman–Crippen LogP) is 2.24. The highest BCUT2D eigenvalue weighted by atomic mass is 16.5. The number of carbonyl (C=O) groups is 1. The average molecular weight is 353 g/mol. The number of hydrogen-bond acceptors (Lipinski definition) is 5. The number of pyridine rings is 1. The summed E-state index contributed by atoms with van der Waals surface area (Å²) in [6.45, 7) is 1.09. The highest BCUT2D eigenvalue weighted by Crippen LogP contribution is 2.26. The third-order valence-corrected chi connectivity index (χ3v) is 4.18. The maximum Gasteiger partial charge on any atom is 0.320 e. The van der Waals surface area contributed by atoms with Crippen LogP contribution < -0.4 is 15.4 Å². The highest BCUT2D eigenvalue weighted by molar-refractivity contribution is 5.92. The number of aryl methyl sites for hydroxylation is 1. The number of benzene rings is 1. The number of nitrogens with one attached hydrogen (secondary N) is 2. The standard InChI is InChI=1S/C18H19N5O3/c1-23-16-13(10-19-23)9-15-21-17(16)26-8-7-25-11-14(20-18(24)22-15)12-5-3-2-4-6-12/h2-6,9-10,14H,7-8,11H2,1H3,(H2,20,21,22,24)/t14-/m1/s1. The summed E-state index contributed by atoms with van der Waals surface area (Å²) in [5.74, 6) is 0.827. The topological polar surface area (TPSA) is 90.3 Å². The van der Waals surface area contributed by atoms with Gasteiger partial charge in [0.2, 0.25) is 5.88 Å². The van der Waals surface area contributed by atoms with Gasteiger partial charge in [0.25, 0.3) is 0 Å². The van der Waals surface area contributed by atoms with E-state index in [9.17, 15) is 4.79 Å². The lowest BCUT2D eigenvalue weighted by molar-refractivity contribution is 0.0841. The molecule has 8 nitrogen and oxygen atoms in total. The van der Waals surface area contributed by atoms with E-state index in [1.165, 1.54) is 0 Å². The number of ether oxygens (including phenoxy) is 2. The fourth-order valence-electron chi connectivity index (χ4n) is 2.94. The van der Waals surface area contributed by atoms with Crippen LogP contribution in [0.5, 0.6) is 5.88 Å². The lowest BCUT2D eigenvalue weighted by atomic mass is 10.1. The summed E-state index contributed by atoms with van der Waals surface area (Å²) in [6, 6.07) is 10.8. The average Bonchev–Trinajstić information content (AvgIpc) is 3.01. The lowest BCUT2D eigenvalue weighted by Crippen LogP contribution is -2.35. The molecule has 3 aromatic rings. The van der Waals surface area contributed by atoms with Crippen molar-refractivity contribution < 1.29 is 14.3 Å². The molecule has 1 aliphatic rings. The van der Waals surface area contributed by atoms with Crippen LogP contribution in [0.1, 0.15) is 11.6 Å². The van der Waals surface area contributed by atoms with E-state index in [0.29, 0.717) is 31.5 Å². The Labute approximate surface area is 150 Å². The summed E-state index contributed by atoms with van der Waals surface area (Å²) in [7, 11) is 1.82. The Bertz CT molecular complexity index is 925. The van der Waals surface area contributed by atoms with Crippen molar-refractivity contribution in [2.75, 3.05) is 25.1 Å². The molecule has 0 saturated carbocycles. The molecule has 26 heavy (non-hydrogen) atoms. The maximum absolute atomic E-state index is 12.5. The summed E-state index contributed by atoms with van der Waals surface area (Å²) in [6.07, 6.45) is 1.71. The van der Waals surface area contributed by atoms with E-state index < -0.39 is 0 Å². The van der Waals surface area contributed by atoms with E-state index in [2.05, 4.69) is 20.7 Å². The van der Waals surface area contributed by atoms with Crippen LogP contribution in [0.15, 0.2) is 42.6 Å². The molecule has 2 N–H and O–H groups in total. The zero-order chi connectivity index (χ0) is 17.9. The molecule has 3 heterocycles. The Balaban J connectivity index is 1.64. The van der Waals surface area contributed by atoms with Gasteiger partial charge in [-0.25, -0.2) is 4.79 Å². The van der Waals surface area contributed by atoms with Gasteiger partial charge in [0, 0.05) is 12.4 Å². The first-order valence-corrected chi connectivity index (χ1v) is 8.36. The minimum atomic E-state index is -0.357. The van der Waals surface area contributed by atoms with Crippen molar-refractivity contribution >= 4 is 22.8 Å². The molecule has 0 unspecified atom stereocenters. The second kappa shape index (κ2) is 7.01. The molecule has 1 aliphatic heterocycles. The Hall–Kier alpha value is -3.13. The summed E-state index contributed by atoms with van der Waals surface area (Å²) < 4.78 is 13.2. The quantitative estimate of drug-likeness (QED) is 0.700. The van der Waals surface area contributed by atoms with Crippen molar-refractivity contribution in [3.63, 3.8) is 0 Å². The molecule has 4 rings (SSSR count). The van der Waals surface area contributed by atoms with Crippen molar-refractivity contribution in [1.29, 1.82) is 0 Å². The number of anilines is 1. The number of carbonyl (C=O) groups excluding carboxylic acids is 1. The van der Waals surface area contributed by atoms with Crippen molar-refractivity contribution in [1.82, 2.24) is 20.1 Å². The number of aromatic nitrogens is 3. The van der Waals surface area contributed by atoms with E-state index in [0.717, 1.165) is 16.5 Å². The first-order valence-electron chi connectivity index (χ1n) is 8.36. The molecular formula is C18H19N5O3. The highest BCUT2D eigenvalue weighted by Gasteiger charge is 2.18. The smallest absolute Gasteiger partial charge is 0.320 e. The lowest BCUT2D eigenvalue weighted by Gasteiger charge is -2.21. The number of amides is 2. The van der Waals surface area contributed by atoms with Crippen molar-refractivity contribution in [3.8, 4) is 5.88 Å². The van der Waals surface area contributed by atoms with Gasteiger partial charge in [-0.2, -0.15) is 10.1 Å². The van der Waals surface area contributed by atoms with Gasteiger partial charge < -0.3 is 14.8 Å². The summed E-state index contributed by atoms with van der Waals surface area (Å²) in [5, 5.41) is 10.8. The van der Waals surface area contributed by atoms with Crippen molar-refractivity contribution in [2.24, 2.45) is 7.05 Å². The third-order valence-electron chi connectivity index (χ3n) is 4.18. The molecule has 0 aliphatic carbocycles. The van der Waals surface area contributed by atoms with Gasteiger partial charge in [0.15, 0.2) is 0 Å². The zero-order valence-electron chi connectivity index (χ0n) is 14.3. The van der Waals surface area contributed by atoms with Gasteiger partial charge in [-0.15, -0.1) is 0 Å². The Kier molecular flexibility index (Phi) is 4.40. The third kappa shape index (κ3) is 3.31. The summed E-state index contributed by atoms with van der Waals surface area (Å²) >= 11 is 0. The second-order valence-corrected chi connectivity index (χ2v) is 6.00. The molecule has 1 aromatic carbocycles. The number of urea groups is 1. The molecule has 2 aromatic heterocycles. The van der Waals surface area contributed by atoms with Crippen LogP contribution in [0, 0.1) is 0 Å². The van der Waals surface area contributed by atoms with Gasteiger partial charge in [-0.05, 0) is 11.6 Å². The van der Waals surface area contributed by atoms with E-state index in [1.807, 2.05) is 37.4 Å². The zero-order valence-corrected chi connectivity index (χ0v) is 14.3. The SMILES string of the molecule is Cn1ncc2cc3nc(c21)OCCOC[C@H](c1ccccc1)NC(=O)N3. The van der Waals surface area contributed by atoms with E-state index in [1.54, 1.807) is 16.9 Å². The van der Waals surface area contributed by atoms with Crippen LogP contribution in [-0.2, 0) is 11.8 Å². The van der Waals surface area contributed by atoms with Gasteiger partial charge in [-0.3, -0.25) is 10.00 Å². The number of nitrogens with zero attached hydrogens (tertiary/aromatic N) is 3. The maximum atomic E-state index is 12.5. The van der Waals surface area contributed by atoms with Crippen molar-refractivity contribution in [3.05, 3.63) is 48.2 Å². The molecule has 0 radical (unpaired) electrons. The molecule has 8 heteroatoms. The van der Waals surface area contributed by atoms with Crippen LogP contribution in [0.2, 0.25) is 0 Å².